The van der Waals surface area contributed by atoms with Gasteiger partial charge in [-0.2, -0.15) is 0 Å². The summed E-state index contributed by atoms with van der Waals surface area (Å²) >= 11 is 6.36. The molecule has 1 saturated heterocycles. The van der Waals surface area contributed by atoms with Gasteiger partial charge in [0.25, 0.3) is 11.7 Å². The fourth-order valence-corrected chi connectivity index (χ4v) is 4.36. The van der Waals surface area contributed by atoms with Crippen LogP contribution >= 0.6 is 11.6 Å². The number of aliphatic hydroxyl groups excluding tert-OH is 1. The first-order valence-corrected chi connectivity index (χ1v) is 11.7. The molecule has 4 rings (SSSR count). The number of carbonyl (C=O) groups excluding carboxylic acids is 3. The first kappa shape index (κ1) is 25.8. The van der Waals surface area contributed by atoms with Crippen molar-refractivity contribution in [2.75, 3.05) is 25.7 Å². The Balaban J connectivity index is 1.94. The van der Waals surface area contributed by atoms with Crippen LogP contribution in [0.3, 0.4) is 0 Å². The smallest absolute Gasteiger partial charge is 0.338 e. The van der Waals surface area contributed by atoms with Crippen molar-refractivity contribution in [1.29, 1.82) is 0 Å². The maximum atomic E-state index is 13.4. The molecule has 3 aromatic carbocycles. The molecule has 8 nitrogen and oxygen atoms in total. The van der Waals surface area contributed by atoms with Crippen LogP contribution in [-0.4, -0.2) is 43.6 Å². The van der Waals surface area contributed by atoms with E-state index in [2.05, 4.69) is 0 Å². The molecule has 1 atom stereocenters. The summed E-state index contributed by atoms with van der Waals surface area (Å²) in [5.41, 5.74) is 1.00. The molecule has 1 heterocycles. The number of hydrogen-bond donors (Lipinski definition) is 1. The van der Waals surface area contributed by atoms with Crippen LogP contribution in [-0.2, 0) is 14.3 Å². The molecule has 0 saturated carbocycles. The lowest BCUT2D eigenvalue weighted by molar-refractivity contribution is -0.132. The lowest BCUT2D eigenvalue weighted by atomic mass is 9.95. The van der Waals surface area contributed by atoms with Crippen LogP contribution in [0.1, 0.15) is 34.5 Å². The van der Waals surface area contributed by atoms with E-state index in [0.29, 0.717) is 17.1 Å². The molecule has 37 heavy (non-hydrogen) atoms. The molecule has 1 fully saturated rings. The topological polar surface area (TPSA) is 102 Å². The van der Waals surface area contributed by atoms with Crippen molar-refractivity contribution >= 4 is 40.7 Å². The highest BCUT2D eigenvalue weighted by Gasteiger charge is 2.47. The average molecular weight is 522 g/mol. The van der Waals surface area contributed by atoms with Crippen molar-refractivity contribution in [3.05, 3.63) is 94.0 Å². The maximum Gasteiger partial charge on any atom is 0.338 e. The number of amides is 1. The fourth-order valence-electron chi connectivity index (χ4n) is 4.16. The van der Waals surface area contributed by atoms with Gasteiger partial charge in [0.1, 0.15) is 17.3 Å². The van der Waals surface area contributed by atoms with Crippen molar-refractivity contribution in [2.45, 2.75) is 13.0 Å². The minimum Gasteiger partial charge on any atom is -0.507 e. The molecule has 1 aliphatic heterocycles. The summed E-state index contributed by atoms with van der Waals surface area (Å²) in [7, 11) is 2.98. The minimum atomic E-state index is -1.02. The van der Waals surface area contributed by atoms with Gasteiger partial charge in [0, 0.05) is 11.3 Å². The zero-order chi connectivity index (χ0) is 26.7. The molecule has 1 unspecified atom stereocenters. The van der Waals surface area contributed by atoms with Crippen LogP contribution in [0.15, 0.2) is 72.3 Å². The Labute approximate surface area is 218 Å². The number of esters is 1. The second-order valence-corrected chi connectivity index (χ2v) is 8.47. The molecule has 190 valence electrons. The van der Waals surface area contributed by atoms with Gasteiger partial charge in [-0.15, -0.1) is 0 Å². The maximum absolute atomic E-state index is 13.4. The van der Waals surface area contributed by atoms with Crippen LogP contribution in [0.4, 0.5) is 5.69 Å². The van der Waals surface area contributed by atoms with Gasteiger partial charge in [0.2, 0.25) is 0 Å². The standard InChI is InChI=1S/C28H24ClNO7/c1-4-37-28(34)17-6-5-7-18(14-17)30-24(16-8-10-19(35-2)11-9-16)23(26(32)27(30)33)25(31)21-15-20(36-3)12-13-22(21)29/h5-15,24,31H,4H2,1-3H3/b25-23+. The quantitative estimate of drug-likeness (QED) is 0.198. The Bertz CT molecular complexity index is 1400. The molecule has 1 amide bonds. The fraction of sp³-hybridized carbons (Fsp3) is 0.179. The third-order valence-electron chi connectivity index (χ3n) is 5.94. The van der Waals surface area contributed by atoms with E-state index in [9.17, 15) is 19.5 Å². The molecular weight excluding hydrogens is 498 g/mol. The van der Waals surface area contributed by atoms with Gasteiger partial charge in [-0.25, -0.2) is 4.79 Å². The number of Topliss-reactive ketones (excluding diaryl/α,β-unsaturated/α-hetero) is 1. The van der Waals surface area contributed by atoms with E-state index < -0.39 is 29.5 Å². The number of anilines is 1. The Morgan fingerprint density at radius 3 is 2.30 bits per heavy atom. The van der Waals surface area contributed by atoms with Gasteiger partial charge in [-0.05, 0) is 61.0 Å². The van der Waals surface area contributed by atoms with Crippen LogP contribution in [0.25, 0.3) is 5.76 Å². The summed E-state index contributed by atoms with van der Waals surface area (Å²) in [4.78, 5) is 40.4. The van der Waals surface area contributed by atoms with Crippen molar-refractivity contribution in [1.82, 2.24) is 0 Å². The van der Waals surface area contributed by atoms with Crippen molar-refractivity contribution in [2.24, 2.45) is 0 Å². The van der Waals surface area contributed by atoms with Gasteiger partial charge < -0.3 is 19.3 Å². The number of halogens is 1. The molecule has 1 aliphatic rings. The molecule has 0 spiro atoms. The molecule has 0 bridgehead atoms. The lowest BCUT2D eigenvalue weighted by Gasteiger charge is -2.26. The Kier molecular flexibility index (Phi) is 7.50. The van der Waals surface area contributed by atoms with E-state index in [0.717, 1.165) is 0 Å². The summed E-state index contributed by atoms with van der Waals surface area (Å²) in [6.07, 6.45) is 0. The number of hydrogen-bond acceptors (Lipinski definition) is 7. The normalized spacial score (nSPS) is 16.5. The molecule has 0 aromatic heterocycles. The Morgan fingerprint density at radius 1 is 0.973 bits per heavy atom. The van der Waals surface area contributed by atoms with Gasteiger partial charge in [-0.3, -0.25) is 14.5 Å². The van der Waals surface area contributed by atoms with E-state index in [-0.39, 0.29) is 34.0 Å². The van der Waals surface area contributed by atoms with Gasteiger partial charge in [0.05, 0.1) is 43.0 Å². The average Bonchev–Trinajstić information content (AvgIpc) is 3.19. The van der Waals surface area contributed by atoms with Crippen molar-refractivity contribution in [3.63, 3.8) is 0 Å². The highest BCUT2D eigenvalue weighted by Crippen LogP contribution is 2.43. The first-order valence-electron chi connectivity index (χ1n) is 11.4. The highest BCUT2D eigenvalue weighted by molar-refractivity contribution is 6.52. The minimum absolute atomic E-state index is 0.137. The van der Waals surface area contributed by atoms with Gasteiger partial charge in [0.15, 0.2) is 0 Å². The summed E-state index contributed by atoms with van der Waals surface area (Å²) < 4.78 is 15.6. The summed E-state index contributed by atoms with van der Waals surface area (Å²) in [6.45, 7) is 1.87. The van der Waals surface area contributed by atoms with Crippen LogP contribution in [0.5, 0.6) is 11.5 Å². The zero-order valence-electron chi connectivity index (χ0n) is 20.4. The van der Waals surface area contributed by atoms with E-state index in [1.807, 2.05) is 0 Å². The zero-order valence-corrected chi connectivity index (χ0v) is 21.1. The SMILES string of the molecule is CCOC(=O)c1cccc(N2C(=O)C(=O)/C(=C(/O)c3cc(OC)ccc3Cl)C2c2ccc(OC)cc2)c1. The number of ether oxygens (including phenoxy) is 3. The largest absolute Gasteiger partial charge is 0.507 e. The van der Waals surface area contributed by atoms with E-state index in [4.69, 9.17) is 25.8 Å². The lowest BCUT2D eigenvalue weighted by Crippen LogP contribution is -2.29. The molecule has 9 heteroatoms. The number of benzene rings is 3. The Hall–Kier alpha value is -4.30. The number of ketones is 1. The first-order chi connectivity index (χ1) is 17.8. The van der Waals surface area contributed by atoms with Gasteiger partial charge in [-0.1, -0.05) is 29.8 Å². The van der Waals surface area contributed by atoms with Crippen molar-refractivity contribution < 1.29 is 33.7 Å². The Morgan fingerprint density at radius 2 is 1.65 bits per heavy atom. The third-order valence-corrected chi connectivity index (χ3v) is 6.27. The number of aliphatic hydroxyl groups is 1. The molecule has 0 aliphatic carbocycles. The predicted molar refractivity (Wildman–Crippen MR) is 138 cm³/mol. The summed E-state index contributed by atoms with van der Waals surface area (Å²) in [5, 5.41) is 11.5. The van der Waals surface area contributed by atoms with Crippen LogP contribution in [0, 0.1) is 0 Å². The van der Waals surface area contributed by atoms with Gasteiger partial charge >= 0.3 is 5.97 Å². The number of nitrogens with zero attached hydrogens (tertiary/aromatic N) is 1. The molecule has 1 N–H and O–H groups in total. The highest BCUT2D eigenvalue weighted by atomic mass is 35.5. The third kappa shape index (κ3) is 4.88. The van der Waals surface area contributed by atoms with Crippen LogP contribution in [0.2, 0.25) is 5.02 Å². The number of methoxy groups -OCH3 is 2. The van der Waals surface area contributed by atoms with Crippen molar-refractivity contribution in [3.8, 4) is 11.5 Å². The predicted octanol–water partition coefficient (Wildman–Crippen LogP) is 5.16. The second-order valence-electron chi connectivity index (χ2n) is 8.06. The van der Waals surface area contributed by atoms with E-state index in [1.165, 1.54) is 37.3 Å². The molecular formula is C28H24ClNO7. The number of rotatable bonds is 7. The van der Waals surface area contributed by atoms with E-state index >= 15 is 0 Å². The second kappa shape index (κ2) is 10.8. The number of carbonyl (C=O) groups is 3. The molecule has 3 aromatic rings. The molecule has 0 radical (unpaired) electrons. The van der Waals surface area contributed by atoms with Crippen LogP contribution < -0.4 is 14.4 Å². The van der Waals surface area contributed by atoms with E-state index in [1.54, 1.807) is 55.5 Å². The summed E-state index contributed by atoms with van der Waals surface area (Å²) in [5.74, 6) is -1.82. The monoisotopic (exact) mass is 521 g/mol. The summed E-state index contributed by atoms with van der Waals surface area (Å²) in [6, 6.07) is 16.6.